The summed E-state index contributed by atoms with van der Waals surface area (Å²) in [6.45, 7) is 1.92. The number of nitrogens with zero attached hydrogens (tertiary/aromatic N) is 2. The van der Waals surface area contributed by atoms with Crippen molar-refractivity contribution in [2.24, 2.45) is 7.05 Å². The third kappa shape index (κ3) is 3.13. The first-order chi connectivity index (χ1) is 9.08. The molecule has 1 aromatic carbocycles. The van der Waals surface area contributed by atoms with Gasteiger partial charge in [-0.05, 0) is 25.0 Å². The second-order valence-corrected chi connectivity index (χ2v) is 4.32. The molecule has 0 spiro atoms. The number of aryl methyl sites for hydroxylation is 2. The molecule has 5 nitrogen and oxygen atoms in total. The summed E-state index contributed by atoms with van der Waals surface area (Å²) < 4.78 is 7.55. The first kappa shape index (κ1) is 13.1. The Morgan fingerprint density at radius 2 is 2.11 bits per heavy atom. The van der Waals surface area contributed by atoms with Crippen LogP contribution in [0.5, 0.6) is 11.5 Å². The van der Waals surface area contributed by atoms with E-state index >= 15 is 0 Å². The second-order valence-electron chi connectivity index (χ2n) is 4.32. The van der Waals surface area contributed by atoms with Gasteiger partial charge in [0, 0.05) is 13.5 Å². The minimum atomic E-state index is -0.813. The molecule has 1 N–H and O–H groups in total. The van der Waals surface area contributed by atoms with E-state index in [0.29, 0.717) is 17.9 Å². The van der Waals surface area contributed by atoms with Gasteiger partial charge in [-0.15, -0.1) is 0 Å². The van der Waals surface area contributed by atoms with E-state index in [0.717, 1.165) is 11.3 Å². The number of para-hydroxylation sites is 1. The van der Waals surface area contributed by atoms with Crippen LogP contribution in [0, 0.1) is 6.92 Å². The molecule has 0 fully saturated rings. The summed E-state index contributed by atoms with van der Waals surface area (Å²) in [5.74, 6) is 0.553. The molecule has 1 heterocycles. The smallest absolute Gasteiger partial charge is 0.303 e. The lowest BCUT2D eigenvalue weighted by molar-refractivity contribution is -0.136. The van der Waals surface area contributed by atoms with Crippen molar-refractivity contribution < 1.29 is 14.6 Å². The zero-order valence-electron chi connectivity index (χ0n) is 11.0. The van der Waals surface area contributed by atoms with Gasteiger partial charge in [0.15, 0.2) is 5.75 Å². The molecule has 0 saturated heterocycles. The largest absolute Gasteiger partial charge is 0.481 e. The number of hydrogen-bond donors (Lipinski definition) is 1. The average Bonchev–Trinajstić information content (AvgIpc) is 2.70. The Hall–Kier alpha value is -2.30. The topological polar surface area (TPSA) is 64.3 Å². The summed E-state index contributed by atoms with van der Waals surface area (Å²) in [5, 5.41) is 12.9. The van der Waals surface area contributed by atoms with Crippen molar-refractivity contribution in [1.29, 1.82) is 0 Å². The molecule has 0 amide bonds. The van der Waals surface area contributed by atoms with Crippen LogP contribution in [0.2, 0.25) is 0 Å². The zero-order chi connectivity index (χ0) is 13.8. The molecule has 0 aliphatic carbocycles. The number of hydrogen-bond acceptors (Lipinski definition) is 3. The maximum Gasteiger partial charge on any atom is 0.303 e. The minimum Gasteiger partial charge on any atom is -0.481 e. The van der Waals surface area contributed by atoms with Gasteiger partial charge < -0.3 is 9.84 Å². The number of carbonyl (C=O) groups is 1. The molecule has 0 aliphatic rings. The van der Waals surface area contributed by atoms with Crippen molar-refractivity contribution in [3.8, 4) is 11.5 Å². The molecule has 0 radical (unpaired) electrons. The highest BCUT2D eigenvalue weighted by atomic mass is 16.5. The number of aliphatic carboxylic acids is 1. The molecule has 0 atom stereocenters. The van der Waals surface area contributed by atoms with Crippen LogP contribution in [0.1, 0.15) is 17.7 Å². The van der Waals surface area contributed by atoms with Gasteiger partial charge in [0.2, 0.25) is 0 Å². The SMILES string of the molecule is Cc1c(Oc2ccccc2CCC(=O)O)cnn1C. The van der Waals surface area contributed by atoms with E-state index in [2.05, 4.69) is 5.10 Å². The predicted molar refractivity (Wildman–Crippen MR) is 70.4 cm³/mol. The molecule has 19 heavy (non-hydrogen) atoms. The van der Waals surface area contributed by atoms with Gasteiger partial charge in [0.05, 0.1) is 11.9 Å². The van der Waals surface area contributed by atoms with E-state index in [1.165, 1.54) is 0 Å². The van der Waals surface area contributed by atoms with Gasteiger partial charge in [-0.25, -0.2) is 0 Å². The Morgan fingerprint density at radius 3 is 2.74 bits per heavy atom. The monoisotopic (exact) mass is 260 g/mol. The maximum absolute atomic E-state index is 10.6. The van der Waals surface area contributed by atoms with Gasteiger partial charge in [0.25, 0.3) is 0 Å². The molecular formula is C14H16N2O3. The molecule has 5 heteroatoms. The quantitative estimate of drug-likeness (QED) is 0.897. The van der Waals surface area contributed by atoms with Crippen LogP contribution in [-0.4, -0.2) is 20.9 Å². The van der Waals surface area contributed by atoms with E-state index in [4.69, 9.17) is 9.84 Å². The molecule has 100 valence electrons. The van der Waals surface area contributed by atoms with Gasteiger partial charge in [-0.1, -0.05) is 18.2 Å². The number of carboxylic acid groups (broad SMARTS) is 1. The van der Waals surface area contributed by atoms with Crippen LogP contribution in [0.15, 0.2) is 30.5 Å². The summed E-state index contributed by atoms with van der Waals surface area (Å²) in [4.78, 5) is 10.6. The molecule has 2 rings (SSSR count). The fourth-order valence-corrected chi connectivity index (χ4v) is 1.75. The third-order valence-corrected chi connectivity index (χ3v) is 2.99. The highest BCUT2D eigenvalue weighted by Gasteiger charge is 2.10. The fraction of sp³-hybridized carbons (Fsp3) is 0.286. The van der Waals surface area contributed by atoms with E-state index in [1.807, 2.05) is 38.2 Å². The number of aromatic nitrogens is 2. The molecule has 0 bridgehead atoms. The van der Waals surface area contributed by atoms with Crippen molar-refractivity contribution in [3.63, 3.8) is 0 Å². The van der Waals surface area contributed by atoms with Crippen LogP contribution in [0.25, 0.3) is 0 Å². The van der Waals surface area contributed by atoms with Crippen LogP contribution >= 0.6 is 0 Å². The first-order valence-electron chi connectivity index (χ1n) is 6.04. The van der Waals surface area contributed by atoms with Crippen LogP contribution in [-0.2, 0) is 18.3 Å². The minimum absolute atomic E-state index is 0.0897. The van der Waals surface area contributed by atoms with E-state index in [1.54, 1.807) is 10.9 Å². The lowest BCUT2D eigenvalue weighted by Gasteiger charge is -2.09. The number of ether oxygens (including phenoxy) is 1. The standard InChI is InChI=1S/C14H16N2O3/c1-10-13(9-15-16(10)2)19-12-6-4-3-5-11(12)7-8-14(17)18/h3-6,9H,7-8H2,1-2H3,(H,17,18). The van der Waals surface area contributed by atoms with Gasteiger partial charge in [-0.3, -0.25) is 9.48 Å². The average molecular weight is 260 g/mol. The number of benzene rings is 1. The molecule has 0 saturated carbocycles. The lowest BCUT2D eigenvalue weighted by atomic mass is 10.1. The van der Waals surface area contributed by atoms with Gasteiger partial charge in [0.1, 0.15) is 5.75 Å². The van der Waals surface area contributed by atoms with Gasteiger partial charge >= 0.3 is 5.97 Å². The molecule has 1 aromatic heterocycles. The van der Waals surface area contributed by atoms with Crippen molar-refractivity contribution in [3.05, 3.63) is 41.7 Å². The Kier molecular flexibility index (Phi) is 3.85. The highest BCUT2D eigenvalue weighted by molar-refractivity contribution is 5.67. The highest BCUT2D eigenvalue weighted by Crippen LogP contribution is 2.28. The van der Waals surface area contributed by atoms with Crippen LogP contribution in [0.4, 0.5) is 0 Å². The van der Waals surface area contributed by atoms with Crippen molar-refractivity contribution in [2.45, 2.75) is 19.8 Å². The van der Waals surface area contributed by atoms with Crippen molar-refractivity contribution in [2.75, 3.05) is 0 Å². The number of carboxylic acids is 1. The Labute approximate surface area is 111 Å². The molecule has 2 aromatic rings. The van der Waals surface area contributed by atoms with Gasteiger partial charge in [-0.2, -0.15) is 5.10 Å². The summed E-state index contributed by atoms with van der Waals surface area (Å²) >= 11 is 0. The fourth-order valence-electron chi connectivity index (χ4n) is 1.75. The van der Waals surface area contributed by atoms with Crippen molar-refractivity contribution >= 4 is 5.97 Å². The van der Waals surface area contributed by atoms with Crippen LogP contribution in [0.3, 0.4) is 0 Å². The first-order valence-corrected chi connectivity index (χ1v) is 6.04. The second kappa shape index (κ2) is 5.56. The van der Waals surface area contributed by atoms with Crippen LogP contribution < -0.4 is 4.74 Å². The third-order valence-electron chi connectivity index (χ3n) is 2.99. The molecule has 0 unspecified atom stereocenters. The summed E-state index contributed by atoms with van der Waals surface area (Å²) in [5.41, 5.74) is 1.81. The maximum atomic E-state index is 10.6. The Morgan fingerprint density at radius 1 is 1.37 bits per heavy atom. The summed E-state index contributed by atoms with van der Waals surface area (Å²) in [6.07, 6.45) is 2.19. The normalized spacial score (nSPS) is 10.4. The molecule has 0 aliphatic heterocycles. The predicted octanol–water partition coefficient (Wildman–Crippen LogP) is 2.54. The lowest BCUT2D eigenvalue weighted by Crippen LogP contribution is -1.99. The summed E-state index contributed by atoms with van der Waals surface area (Å²) in [6, 6.07) is 7.46. The summed E-state index contributed by atoms with van der Waals surface area (Å²) in [7, 11) is 1.85. The van der Waals surface area contributed by atoms with E-state index < -0.39 is 5.97 Å². The molecular weight excluding hydrogens is 244 g/mol. The zero-order valence-corrected chi connectivity index (χ0v) is 11.0. The van der Waals surface area contributed by atoms with E-state index in [9.17, 15) is 4.79 Å². The Balaban J connectivity index is 2.20. The number of rotatable bonds is 5. The van der Waals surface area contributed by atoms with E-state index in [-0.39, 0.29) is 6.42 Å². The Bertz CT molecular complexity index is 590. The van der Waals surface area contributed by atoms with Crippen molar-refractivity contribution in [1.82, 2.24) is 9.78 Å².